The molecule has 0 saturated carbocycles. The lowest BCUT2D eigenvalue weighted by Crippen LogP contribution is -2.41. The summed E-state index contributed by atoms with van der Waals surface area (Å²) in [6.45, 7) is 3.89. The van der Waals surface area contributed by atoms with Crippen molar-refractivity contribution in [2.24, 2.45) is 0 Å². The molecule has 2 atom stereocenters. The van der Waals surface area contributed by atoms with Crippen molar-refractivity contribution in [1.82, 2.24) is 20.6 Å². The van der Waals surface area contributed by atoms with Crippen LogP contribution in [0.2, 0.25) is 0 Å². The van der Waals surface area contributed by atoms with E-state index in [-0.39, 0.29) is 11.8 Å². The van der Waals surface area contributed by atoms with Crippen molar-refractivity contribution >= 4 is 11.8 Å². The molecule has 0 saturated heterocycles. The van der Waals surface area contributed by atoms with Gasteiger partial charge in [-0.2, -0.15) is 0 Å². The smallest absolute Gasteiger partial charge is 0.251 e. The van der Waals surface area contributed by atoms with E-state index < -0.39 is 12.1 Å². The molecule has 2 aromatic carbocycles. The second-order valence-electron chi connectivity index (χ2n) is 8.20. The molecule has 0 spiro atoms. The van der Waals surface area contributed by atoms with Crippen LogP contribution in [-0.4, -0.2) is 21.8 Å². The highest BCUT2D eigenvalue weighted by Crippen LogP contribution is 2.29. The molecule has 170 valence electrons. The predicted molar refractivity (Wildman–Crippen MR) is 131 cm³/mol. The maximum Gasteiger partial charge on any atom is 0.251 e. The molecule has 0 aliphatic heterocycles. The number of carbonyl (C=O) groups excluding carboxylic acids is 2. The lowest BCUT2D eigenvalue weighted by molar-refractivity contribution is 0.0881. The van der Waals surface area contributed by atoms with Crippen molar-refractivity contribution in [3.8, 4) is 0 Å². The fourth-order valence-electron chi connectivity index (χ4n) is 3.88. The zero-order chi connectivity index (χ0) is 23.9. The number of nitrogens with zero attached hydrogens (tertiary/aromatic N) is 2. The maximum absolute atomic E-state index is 13.3. The number of benzene rings is 2. The van der Waals surface area contributed by atoms with Crippen molar-refractivity contribution in [2.75, 3.05) is 0 Å². The van der Waals surface area contributed by atoms with Gasteiger partial charge in [0.15, 0.2) is 0 Å². The highest BCUT2D eigenvalue weighted by molar-refractivity contribution is 5.96. The third kappa shape index (κ3) is 5.53. The SMILES string of the molecule is Cc1cccc(C(=O)NC(c2ccncc2)C(NC(=O)c2cccc(C)c2)c2ccncc2)c1. The van der Waals surface area contributed by atoms with Gasteiger partial charge in [-0.25, -0.2) is 0 Å². The molecule has 2 unspecified atom stereocenters. The van der Waals surface area contributed by atoms with E-state index >= 15 is 0 Å². The molecule has 6 heteroatoms. The lowest BCUT2D eigenvalue weighted by Gasteiger charge is -2.30. The highest BCUT2D eigenvalue weighted by Gasteiger charge is 2.29. The predicted octanol–water partition coefficient (Wildman–Crippen LogP) is 4.74. The molecular weight excluding hydrogens is 424 g/mol. The Morgan fingerprint density at radius 3 is 1.35 bits per heavy atom. The summed E-state index contributed by atoms with van der Waals surface area (Å²) >= 11 is 0. The van der Waals surface area contributed by atoms with Gasteiger partial charge in [0.25, 0.3) is 11.8 Å². The Kier molecular flexibility index (Phi) is 7.08. The Hall–Kier alpha value is -4.32. The minimum atomic E-state index is -0.549. The number of rotatable bonds is 7. The first-order valence-electron chi connectivity index (χ1n) is 11.1. The van der Waals surface area contributed by atoms with Gasteiger partial charge in [0.1, 0.15) is 0 Å². The van der Waals surface area contributed by atoms with Gasteiger partial charge in [-0.15, -0.1) is 0 Å². The van der Waals surface area contributed by atoms with Crippen LogP contribution in [0.4, 0.5) is 0 Å². The molecule has 0 aliphatic rings. The summed E-state index contributed by atoms with van der Waals surface area (Å²) in [6, 6.07) is 21.1. The van der Waals surface area contributed by atoms with Crippen LogP contribution in [0, 0.1) is 13.8 Å². The number of hydrogen-bond donors (Lipinski definition) is 2. The fraction of sp³-hybridized carbons (Fsp3) is 0.143. The van der Waals surface area contributed by atoms with Gasteiger partial charge in [-0.05, 0) is 73.5 Å². The minimum absolute atomic E-state index is 0.227. The third-order valence-corrected chi connectivity index (χ3v) is 5.60. The summed E-state index contributed by atoms with van der Waals surface area (Å²) in [5, 5.41) is 6.28. The summed E-state index contributed by atoms with van der Waals surface area (Å²) in [5.74, 6) is -0.455. The van der Waals surface area contributed by atoms with Gasteiger partial charge >= 0.3 is 0 Å². The number of aromatic nitrogens is 2. The first kappa shape index (κ1) is 22.9. The number of aryl methyl sites for hydroxylation is 2. The molecule has 4 rings (SSSR count). The van der Waals surface area contributed by atoms with Crippen LogP contribution < -0.4 is 10.6 Å². The Balaban J connectivity index is 1.73. The first-order valence-corrected chi connectivity index (χ1v) is 11.1. The summed E-state index contributed by atoms with van der Waals surface area (Å²) in [7, 11) is 0. The van der Waals surface area contributed by atoms with E-state index in [1.165, 1.54) is 0 Å². The van der Waals surface area contributed by atoms with E-state index in [4.69, 9.17) is 0 Å². The molecule has 2 aromatic heterocycles. The molecule has 0 aliphatic carbocycles. The van der Waals surface area contributed by atoms with E-state index in [2.05, 4.69) is 20.6 Å². The molecule has 2 amide bonds. The van der Waals surface area contributed by atoms with Crippen LogP contribution in [-0.2, 0) is 0 Å². The fourth-order valence-corrected chi connectivity index (χ4v) is 3.88. The van der Waals surface area contributed by atoms with Crippen molar-refractivity contribution in [3.05, 3.63) is 131 Å². The number of nitrogens with one attached hydrogen (secondary N) is 2. The molecule has 6 nitrogen and oxygen atoms in total. The monoisotopic (exact) mass is 450 g/mol. The number of amides is 2. The number of carbonyl (C=O) groups is 2. The topological polar surface area (TPSA) is 84.0 Å². The van der Waals surface area contributed by atoms with Gasteiger partial charge in [-0.1, -0.05) is 35.4 Å². The molecule has 0 bridgehead atoms. The van der Waals surface area contributed by atoms with Gasteiger partial charge < -0.3 is 10.6 Å². The first-order chi connectivity index (χ1) is 16.5. The van der Waals surface area contributed by atoms with E-state index in [9.17, 15) is 9.59 Å². The van der Waals surface area contributed by atoms with Crippen LogP contribution >= 0.6 is 0 Å². The average molecular weight is 451 g/mol. The molecule has 4 aromatic rings. The Bertz CT molecular complexity index is 1170. The maximum atomic E-state index is 13.3. The van der Waals surface area contributed by atoms with Gasteiger partial charge in [0, 0.05) is 35.9 Å². The normalized spacial score (nSPS) is 12.4. The molecule has 2 N–H and O–H groups in total. The number of pyridine rings is 2. The van der Waals surface area contributed by atoms with E-state index in [0.717, 1.165) is 22.3 Å². The highest BCUT2D eigenvalue weighted by atomic mass is 16.2. The Morgan fingerprint density at radius 1 is 0.618 bits per heavy atom. The van der Waals surface area contributed by atoms with Crippen LogP contribution in [0.5, 0.6) is 0 Å². The zero-order valence-corrected chi connectivity index (χ0v) is 19.1. The van der Waals surface area contributed by atoms with Crippen LogP contribution in [0.25, 0.3) is 0 Å². The van der Waals surface area contributed by atoms with Gasteiger partial charge in [0.05, 0.1) is 12.1 Å². The van der Waals surface area contributed by atoms with Crippen molar-refractivity contribution in [3.63, 3.8) is 0 Å². The zero-order valence-electron chi connectivity index (χ0n) is 19.1. The molecule has 0 radical (unpaired) electrons. The summed E-state index contributed by atoms with van der Waals surface area (Å²) in [6.07, 6.45) is 6.70. The second kappa shape index (κ2) is 10.5. The van der Waals surface area contributed by atoms with Crippen molar-refractivity contribution in [2.45, 2.75) is 25.9 Å². The minimum Gasteiger partial charge on any atom is -0.343 e. The lowest BCUT2D eigenvalue weighted by atomic mass is 9.93. The average Bonchev–Trinajstić information content (AvgIpc) is 2.87. The Morgan fingerprint density at radius 2 is 1.00 bits per heavy atom. The largest absolute Gasteiger partial charge is 0.343 e. The molecular formula is C28H26N4O2. The van der Waals surface area contributed by atoms with Crippen molar-refractivity contribution in [1.29, 1.82) is 0 Å². The quantitative estimate of drug-likeness (QED) is 0.426. The third-order valence-electron chi connectivity index (χ3n) is 5.60. The number of hydrogen-bond acceptors (Lipinski definition) is 4. The standard InChI is InChI=1S/C28H26N4O2/c1-19-5-3-7-23(17-19)27(33)31-25(21-9-13-29-14-10-21)26(22-11-15-30-16-12-22)32-28(34)24-8-4-6-20(2)18-24/h3-18,25-26H,1-2H3,(H,31,33)(H,32,34). The molecule has 0 fully saturated rings. The van der Waals surface area contributed by atoms with E-state index in [1.807, 2.05) is 74.5 Å². The van der Waals surface area contributed by atoms with Crippen molar-refractivity contribution < 1.29 is 9.59 Å². The molecule has 2 heterocycles. The Labute approximate surface area is 199 Å². The van der Waals surface area contributed by atoms with Crippen LogP contribution in [0.15, 0.2) is 97.6 Å². The summed E-state index contributed by atoms with van der Waals surface area (Å²) in [4.78, 5) is 34.8. The van der Waals surface area contributed by atoms with Crippen LogP contribution in [0.1, 0.15) is 55.1 Å². The van der Waals surface area contributed by atoms with E-state index in [0.29, 0.717) is 11.1 Å². The van der Waals surface area contributed by atoms with Gasteiger partial charge in [0.2, 0.25) is 0 Å². The van der Waals surface area contributed by atoms with Gasteiger partial charge in [-0.3, -0.25) is 19.6 Å². The summed E-state index contributed by atoms with van der Waals surface area (Å²) < 4.78 is 0. The summed E-state index contributed by atoms with van der Waals surface area (Å²) in [5.41, 5.74) is 4.73. The van der Waals surface area contributed by atoms with E-state index in [1.54, 1.807) is 36.9 Å². The second-order valence-corrected chi connectivity index (χ2v) is 8.20. The van der Waals surface area contributed by atoms with Crippen LogP contribution in [0.3, 0.4) is 0 Å². The molecule has 34 heavy (non-hydrogen) atoms.